The molecule has 0 aliphatic heterocycles. The molecular weight excluding hydrogens is 229 g/mol. The zero-order valence-electron chi connectivity index (χ0n) is 11.2. The molecule has 1 N–H and O–H groups in total. The van der Waals surface area contributed by atoms with Gasteiger partial charge in [0.2, 0.25) is 0 Å². The van der Waals surface area contributed by atoms with Crippen LogP contribution < -0.4 is 5.32 Å². The fraction of sp³-hybridized carbons (Fsp3) is 0.600. The van der Waals surface area contributed by atoms with Crippen LogP contribution in [0, 0.1) is 11.7 Å². The summed E-state index contributed by atoms with van der Waals surface area (Å²) < 4.78 is 18.0. The highest BCUT2D eigenvalue weighted by molar-refractivity contribution is 5.34. The summed E-state index contributed by atoms with van der Waals surface area (Å²) >= 11 is 0. The maximum atomic E-state index is 13.0. The van der Waals surface area contributed by atoms with Gasteiger partial charge in [-0.3, -0.25) is 0 Å². The van der Waals surface area contributed by atoms with Crippen LogP contribution >= 0.6 is 0 Å². The van der Waals surface area contributed by atoms with Gasteiger partial charge in [-0.05, 0) is 30.0 Å². The van der Waals surface area contributed by atoms with Crippen molar-refractivity contribution < 1.29 is 9.13 Å². The zero-order chi connectivity index (χ0) is 13.0. The van der Waals surface area contributed by atoms with Gasteiger partial charge in [0.25, 0.3) is 0 Å². The average Bonchev–Trinajstić information content (AvgIpc) is 3.10. The molecule has 1 aromatic rings. The van der Waals surface area contributed by atoms with Crippen LogP contribution in [-0.4, -0.2) is 26.8 Å². The first-order valence-corrected chi connectivity index (χ1v) is 6.68. The summed E-state index contributed by atoms with van der Waals surface area (Å²) in [7, 11) is 1.71. The van der Waals surface area contributed by atoms with Crippen LogP contribution in [0.1, 0.15) is 25.3 Å². The van der Waals surface area contributed by atoms with Crippen molar-refractivity contribution in [2.45, 2.75) is 25.2 Å². The Balaban J connectivity index is 2.01. The fourth-order valence-electron chi connectivity index (χ4n) is 2.86. The summed E-state index contributed by atoms with van der Waals surface area (Å²) in [6, 6.07) is 7.00. The number of halogens is 1. The van der Waals surface area contributed by atoms with Crippen LogP contribution in [0.4, 0.5) is 4.39 Å². The van der Waals surface area contributed by atoms with Crippen molar-refractivity contribution in [3.8, 4) is 0 Å². The summed E-state index contributed by atoms with van der Waals surface area (Å²) in [6.45, 7) is 4.79. The first kappa shape index (κ1) is 13.5. The zero-order valence-corrected chi connectivity index (χ0v) is 11.2. The number of hydrogen-bond donors (Lipinski definition) is 1. The highest BCUT2D eigenvalue weighted by atomic mass is 19.1. The van der Waals surface area contributed by atoms with E-state index >= 15 is 0 Å². The van der Waals surface area contributed by atoms with E-state index in [4.69, 9.17) is 4.74 Å². The number of rotatable bonds is 7. The highest BCUT2D eigenvalue weighted by Crippen LogP contribution is 2.55. The minimum atomic E-state index is -0.157. The van der Waals surface area contributed by atoms with E-state index in [0.29, 0.717) is 0 Å². The topological polar surface area (TPSA) is 21.3 Å². The van der Waals surface area contributed by atoms with E-state index < -0.39 is 0 Å². The number of hydrogen-bond acceptors (Lipinski definition) is 2. The van der Waals surface area contributed by atoms with Crippen LogP contribution in [0.15, 0.2) is 24.3 Å². The molecule has 2 rings (SSSR count). The first-order chi connectivity index (χ1) is 8.73. The maximum Gasteiger partial charge on any atom is 0.123 e. The number of ether oxygens (including phenoxy) is 1. The minimum Gasteiger partial charge on any atom is -0.383 e. The van der Waals surface area contributed by atoms with Crippen LogP contribution in [0.5, 0.6) is 0 Å². The van der Waals surface area contributed by atoms with Crippen molar-refractivity contribution >= 4 is 0 Å². The van der Waals surface area contributed by atoms with Crippen molar-refractivity contribution in [3.05, 3.63) is 35.6 Å². The second-order valence-corrected chi connectivity index (χ2v) is 5.14. The Morgan fingerprint density at radius 1 is 1.39 bits per heavy atom. The van der Waals surface area contributed by atoms with E-state index in [1.807, 2.05) is 12.1 Å². The highest BCUT2D eigenvalue weighted by Gasteiger charge is 2.53. The van der Waals surface area contributed by atoms with E-state index in [1.165, 1.54) is 18.4 Å². The van der Waals surface area contributed by atoms with E-state index in [2.05, 4.69) is 12.2 Å². The minimum absolute atomic E-state index is 0.157. The molecule has 2 unspecified atom stereocenters. The van der Waals surface area contributed by atoms with Gasteiger partial charge in [0.1, 0.15) is 5.82 Å². The van der Waals surface area contributed by atoms with Crippen molar-refractivity contribution in [1.29, 1.82) is 0 Å². The van der Waals surface area contributed by atoms with Crippen molar-refractivity contribution in [2.24, 2.45) is 5.92 Å². The summed E-state index contributed by atoms with van der Waals surface area (Å²) in [6.07, 6.45) is 2.39. The second kappa shape index (κ2) is 5.81. The Kier molecular flexibility index (Phi) is 4.36. The quantitative estimate of drug-likeness (QED) is 0.752. The average molecular weight is 251 g/mol. The molecule has 0 saturated heterocycles. The third kappa shape index (κ3) is 2.73. The molecule has 0 amide bonds. The van der Waals surface area contributed by atoms with Gasteiger partial charge < -0.3 is 10.1 Å². The molecule has 3 heteroatoms. The second-order valence-electron chi connectivity index (χ2n) is 5.14. The fourth-order valence-corrected chi connectivity index (χ4v) is 2.86. The Morgan fingerprint density at radius 3 is 2.67 bits per heavy atom. The third-order valence-electron chi connectivity index (χ3n) is 4.07. The molecule has 0 radical (unpaired) electrons. The normalized spacial score (nSPS) is 26.3. The van der Waals surface area contributed by atoms with Gasteiger partial charge in [-0.15, -0.1) is 0 Å². The van der Waals surface area contributed by atoms with Gasteiger partial charge in [-0.1, -0.05) is 25.5 Å². The predicted molar refractivity (Wildman–Crippen MR) is 71.2 cm³/mol. The van der Waals surface area contributed by atoms with Gasteiger partial charge in [0, 0.05) is 25.6 Å². The predicted octanol–water partition coefficient (Wildman–Crippen LogP) is 2.73. The molecule has 1 aromatic carbocycles. The Hall–Kier alpha value is -0.930. The van der Waals surface area contributed by atoms with Gasteiger partial charge >= 0.3 is 0 Å². The van der Waals surface area contributed by atoms with Crippen LogP contribution in [0.25, 0.3) is 0 Å². The molecule has 100 valence electrons. The molecular formula is C15H22FNO. The largest absolute Gasteiger partial charge is 0.383 e. The molecule has 1 aliphatic carbocycles. The lowest BCUT2D eigenvalue weighted by Gasteiger charge is -2.19. The molecule has 1 fully saturated rings. The molecule has 0 heterocycles. The summed E-state index contributed by atoms with van der Waals surface area (Å²) in [5, 5.41) is 3.45. The molecule has 2 atom stereocenters. The van der Waals surface area contributed by atoms with Gasteiger partial charge in [-0.25, -0.2) is 4.39 Å². The standard InChI is InChI=1S/C15H22FNO/c1-3-12-10-15(12,11-17-8-9-18-2)13-4-6-14(16)7-5-13/h4-7,12,17H,3,8-11H2,1-2H3. The van der Waals surface area contributed by atoms with Crippen LogP contribution in [-0.2, 0) is 10.2 Å². The first-order valence-electron chi connectivity index (χ1n) is 6.68. The van der Waals surface area contributed by atoms with Gasteiger partial charge in [0.05, 0.1) is 6.61 Å². The van der Waals surface area contributed by atoms with Crippen molar-refractivity contribution in [2.75, 3.05) is 26.8 Å². The summed E-state index contributed by atoms with van der Waals surface area (Å²) in [5.74, 6) is 0.563. The van der Waals surface area contributed by atoms with Crippen molar-refractivity contribution in [1.82, 2.24) is 5.32 Å². The molecule has 18 heavy (non-hydrogen) atoms. The van der Waals surface area contributed by atoms with Crippen molar-refractivity contribution in [3.63, 3.8) is 0 Å². The Bertz CT molecular complexity index is 379. The van der Waals surface area contributed by atoms with E-state index in [-0.39, 0.29) is 11.2 Å². The SMILES string of the molecule is CCC1CC1(CNCCOC)c1ccc(F)cc1. The lowest BCUT2D eigenvalue weighted by molar-refractivity contribution is 0.198. The molecule has 2 nitrogen and oxygen atoms in total. The van der Waals surface area contributed by atoms with E-state index in [9.17, 15) is 4.39 Å². The molecule has 1 saturated carbocycles. The number of nitrogens with one attached hydrogen (secondary N) is 1. The molecule has 0 spiro atoms. The number of benzene rings is 1. The van der Waals surface area contributed by atoms with Crippen LogP contribution in [0.3, 0.4) is 0 Å². The molecule has 0 bridgehead atoms. The molecule has 1 aliphatic rings. The molecule has 0 aromatic heterocycles. The smallest absolute Gasteiger partial charge is 0.123 e. The summed E-state index contributed by atoms with van der Waals surface area (Å²) in [4.78, 5) is 0. The van der Waals surface area contributed by atoms with Crippen LogP contribution in [0.2, 0.25) is 0 Å². The van der Waals surface area contributed by atoms with Gasteiger partial charge in [-0.2, -0.15) is 0 Å². The number of methoxy groups -OCH3 is 1. The summed E-state index contributed by atoms with van der Waals surface area (Å²) in [5.41, 5.74) is 1.48. The van der Waals surface area contributed by atoms with E-state index in [0.717, 1.165) is 25.6 Å². The van der Waals surface area contributed by atoms with Gasteiger partial charge in [0.15, 0.2) is 0 Å². The monoisotopic (exact) mass is 251 g/mol. The van der Waals surface area contributed by atoms with E-state index in [1.54, 1.807) is 19.2 Å². The Morgan fingerprint density at radius 2 is 2.11 bits per heavy atom. The lowest BCUT2D eigenvalue weighted by Crippen LogP contribution is -2.31. The Labute approximate surface area is 109 Å². The lowest BCUT2D eigenvalue weighted by atomic mass is 9.92. The third-order valence-corrected chi connectivity index (χ3v) is 4.07. The maximum absolute atomic E-state index is 13.0.